The Balaban J connectivity index is 3.19. The van der Waals surface area contributed by atoms with E-state index in [1.165, 1.54) is 12.1 Å². The van der Waals surface area contributed by atoms with E-state index in [1.807, 2.05) is 6.07 Å². The monoisotopic (exact) mass is 270 g/mol. The van der Waals surface area contributed by atoms with Crippen LogP contribution in [0.1, 0.15) is 18.9 Å². The number of halogens is 1. The van der Waals surface area contributed by atoms with E-state index >= 15 is 0 Å². The van der Waals surface area contributed by atoms with Crippen molar-refractivity contribution in [3.63, 3.8) is 0 Å². The number of hydrogen-bond acceptors (Lipinski definition) is 3. The summed E-state index contributed by atoms with van der Waals surface area (Å²) in [5.41, 5.74) is 0.673. The maximum atomic E-state index is 13.6. The molecule has 0 saturated carbocycles. The van der Waals surface area contributed by atoms with E-state index in [9.17, 15) is 12.8 Å². The Morgan fingerprint density at radius 1 is 1.44 bits per heavy atom. The molecule has 0 fully saturated rings. The molecule has 0 spiro atoms. The summed E-state index contributed by atoms with van der Waals surface area (Å²) in [6, 6.07) is 5.84. The zero-order chi connectivity index (χ0) is 13.8. The van der Waals surface area contributed by atoms with E-state index in [1.54, 1.807) is 13.8 Å². The third-order valence-corrected chi connectivity index (χ3v) is 4.52. The number of aryl methyl sites for hydroxylation is 1. The number of nitriles is 1. The zero-order valence-electron chi connectivity index (χ0n) is 10.4. The molecule has 0 amide bonds. The number of sulfonamides is 1. The van der Waals surface area contributed by atoms with Gasteiger partial charge >= 0.3 is 0 Å². The lowest BCUT2D eigenvalue weighted by atomic mass is 10.2. The van der Waals surface area contributed by atoms with E-state index in [4.69, 9.17) is 5.26 Å². The Bertz CT molecular complexity index is 564. The summed E-state index contributed by atoms with van der Waals surface area (Å²) in [7, 11) is -3.87. The minimum atomic E-state index is -3.87. The van der Waals surface area contributed by atoms with Crippen molar-refractivity contribution < 1.29 is 12.8 Å². The highest BCUT2D eigenvalue weighted by Crippen LogP contribution is 2.20. The SMILES string of the molecule is CCN(CCC#N)S(=O)(=O)c1cc(C)ccc1F. The Morgan fingerprint density at radius 2 is 2.11 bits per heavy atom. The van der Waals surface area contributed by atoms with E-state index < -0.39 is 15.8 Å². The van der Waals surface area contributed by atoms with Crippen molar-refractivity contribution in [3.05, 3.63) is 29.6 Å². The molecule has 0 aliphatic heterocycles. The summed E-state index contributed by atoms with van der Waals surface area (Å²) < 4.78 is 39.2. The van der Waals surface area contributed by atoms with Crippen molar-refractivity contribution in [3.8, 4) is 6.07 Å². The number of nitrogens with zero attached hydrogens (tertiary/aromatic N) is 2. The van der Waals surface area contributed by atoms with Gasteiger partial charge < -0.3 is 0 Å². The van der Waals surface area contributed by atoms with Crippen molar-refractivity contribution >= 4 is 10.0 Å². The van der Waals surface area contributed by atoms with Crippen LogP contribution in [0.2, 0.25) is 0 Å². The summed E-state index contributed by atoms with van der Waals surface area (Å²) >= 11 is 0. The molecule has 0 bridgehead atoms. The van der Waals surface area contributed by atoms with Crippen molar-refractivity contribution in [1.82, 2.24) is 4.31 Å². The van der Waals surface area contributed by atoms with Gasteiger partial charge in [-0.05, 0) is 24.6 Å². The Kier molecular flexibility index (Phi) is 4.82. The van der Waals surface area contributed by atoms with Gasteiger partial charge in [0.15, 0.2) is 0 Å². The largest absolute Gasteiger partial charge is 0.246 e. The van der Waals surface area contributed by atoms with Crippen LogP contribution in [0.5, 0.6) is 0 Å². The summed E-state index contributed by atoms with van der Waals surface area (Å²) in [4.78, 5) is -0.331. The summed E-state index contributed by atoms with van der Waals surface area (Å²) in [5, 5.41) is 8.50. The second kappa shape index (κ2) is 5.94. The molecule has 0 aliphatic rings. The molecule has 0 radical (unpaired) electrons. The normalized spacial score (nSPS) is 11.5. The third-order valence-electron chi connectivity index (χ3n) is 2.53. The standard InChI is InChI=1S/C12H15FN2O2S/c1-3-15(8-4-7-14)18(16,17)12-9-10(2)5-6-11(12)13/h5-6,9H,3-4,8H2,1-2H3. The highest BCUT2D eigenvalue weighted by atomic mass is 32.2. The Morgan fingerprint density at radius 3 is 2.67 bits per heavy atom. The lowest BCUT2D eigenvalue weighted by molar-refractivity contribution is 0.430. The molecule has 0 atom stereocenters. The first-order valence-electron chi connectivity index (χ1n) is 5.56. The van der Waals surface area contributed by atoms with Gasteiger partial charge in [0.05, 0.1) is 6.07 Å². The molecule has 0 aliphatic carbocycles. The lowest BCUT2D eigenvalue weighted by Crippen LogP contribution is -2.32. The highest BCUT2D eigenvalue weighted by Gasteiger charge is 2.25. The van der Waals surface area contributed by atoms with Gasteiger partial charge in [-0.3, -0.25) is 0 Å². The molecule has 1 aromatic rings. The van der Waals surface area contributed by atoms with Gasteiger partial charge in [-0.1, -0.05) is 13.0 Å². The van der Waals surface area contributed by atoms with E-state index in [2.05, 4.69) is 0 Å². The van der Waals surface area contributed by atoms with Crippen LogP contribution in [0.15, 0.2) is 23.1 Å². The smallest absolute Gasteiger partial charge is 0.207 e. The van der Waals surface area contributed by atoms with Crippen LogP contribution in [-0.2, 0) is 10.0 Å². The summed E-state index contributed by atoms with van der Waals surface area (Å²) in [6.45, 7) is 3.63. The topological polar surface area (TPSA) is 61.2 Å². The molecular formula is C12H15FN2O2S. The molecule has 18 heavy (non-hydrogen) atoms. The first kappa shape index (κ1) is 14.6. The van der Waals surface area contributed by atoms with Crippen LogP contribution in [0.4, 0.5) is 4.39 Å². The Hall–Kier alpha value is -1.45. The fourth-order valence-corrected chi connectivity index (χ4v) is 3.17. The van der Waals surface area contributed by atoms with E-state index in [0.29, 0.717) is 5.56 Å². The van der Waals surface area contributed by atoms with Gasteiger partial charge in [-0.15, -0.1) is 0 Å². The molecule has 0 N–H and O–H groups in total. The van der Waals surface area contributed by atoms with Gasteiger partial charge in [0.1, 0.15) is 10.7 Å². The molecule has 6 heteroatoms. The van der Waals surface area contributed by atoms with Gasteiger partial charge in [-0.25, -0.2) is 12.8 Å². The molecule has 1 rings (SSSR count). The molecule has 98 valence electrons. The minimum absolute atomic E-state index is 0.0721. The number of benzene rings is 1. The van der Waals surface area contributed by atoms with Crippen LogP contribution in [-0.4, -0.2) is 25.8 Å². The van der Waals surface area contributed by atoms with E-state index in [-0.39, 0.29) is 24.4 Å². The first-order valence-corrected chi connectivity index (χ1v) is 7.00. The Labute approximate surface area is 107 Å². The van der Waals surface area contributed by atoms with Crippen LogP contribution >= 0.6 is 0 Å². The van der Waals surface area contributed by atoms with Gasteiger partial charge in [-0.2, -0.15) is 9.57 Å². The van der Waals surface area contributed by atoms with Crippen molar-refractivity contribution in [2.75, 3.05) is 13.1 Å². The van der Waals surface area contributed by atoms with Gasteiger partial charge in [0.25, 0.3) is 0 Å². The third kappa shape index (κ3) is 3.06. The van der Waals surface area contributed by atoms with Crippen LogP contribution < -0.4 is 0 Å². The second-order valence-electron chi connectivity index (χ2n) is 3.84. The van der Waals surface area contributed by atoms with Crippen LogP contribution in [0.3, 0.4) is 0 Å². The van der Waals surface area contributed by atoms with Gasteiger partial charge in [0, 0.05) is 19.5 Å². The quantitative estimate of drug-likeness (QED) is 0.822. The second-order valence-corrected chi connectivity index (χ2v) is 5.75. The van der Waals surface area contributed by atoms with Crippen LogP contribution in [0.25, 0.3) is 0 Å². The first-order chi connectivity index (χ1) is 8.43. The number of rotatable bonds is 5. The van der Waals surface area contributed by atoms with Crippen molar-refractivity contribution in [2.45, 2.75) is 25.2 Å². The van der Waals surface area contributed by atoms with Crippen molar-refractivity contribution in [2.24, 2.45) is 0 Å². The fraction of sp³-hybridized carbons (Fsp3) is 0.417. The maximum absolute atomic E-state index is 13.6. The maximum Gasteiger partial charge on any atom is 0.246 e. The average Bonchev–Trinajstić information content (AvgIpc) is 2.33. The van der Waals surface area contributed by atoms with Gasteiger partial charge in [0.2, 0.25) is 10.0 Å². The summed E-state index contributed by atoms with van der Waals surface area (Å²) in [5.74, 6) is -0.768. The average molecular weight is 270 g/mol. The molecule has 4 nitrogen and oxygen atoms in total. The number of hydrogen-bond donors (Lipinski definition) is 0. The van der Waals surface area contributed by atoms with E-state index in [0.717, 1.165) is 10.4 Å². The zero-order valence-corrected chi connectivity index (χ0v) is 11.2. The minimum Gasteiger partial charge on any atom is -0.207 e. The lowest BCUT2D eigenvalue weighted by Gasteiger charge is -2.19. The predicted octanol–water partition coefficient (Wildman–Crippen LogP) is 2.06. The molecule has 0 aromatic heterocycles. The van der Waals surface area contributed by atoms with Crippen molar-refractivity contribution in [1.29, 1.82) is 5.26 Å². The molecule has 1 aromatic carbocycles. The molecule has 0 saturated heterocycles. The fourth-order valence-electron chi connectivity index (χ4n) is 1.57. The molecule has 0 unspecified atom stereocenters. The summed E-state index contributed by atoms with van der Waals surface area (Å²) in [6.07, 6.45) is 0.0838. The highest BCUT2D eigenvalue weighted by molar-refractivity contribution is 7.89. The molecule has 0 heterocycles. The molecular weight excluding hydrogens is 255 g/mol. The van der Waals surface area contributed by atoms with Crippen LogP contribution in [0, 0.1) is 24.1 Å². The predicted molar refractivity (Wildman–Crippen MR) is 65.8 cm³/mol.